The summed E-state index contributed by atoms with van der Waals surface area (Å²) in [5.74, 6) is 0. The van der Waals surface area contributed by atoms with E-state index in [-0.39, 0.29) is 0 Å². The van der Waals surface area contributed by atoms with Crippen molar-refractivity contribution < 1.29 is 0 Å². The van der Waals surface area contributed by atoms with Crippen molar-refractivity contribution in [1.29, 1.82) is 0 Å². The third-order valence-electron chi connectivity index (χ3n) is 26.2. The van der Waals surface area contributed by atoms with Gasteiger partial charge in [0.05, 0.1) is 0 Å². The monoisotopic (exact) mass is 1840 g/mol. The van der Waals surface area contributed by atoms with Crippen molar-refractivity contribution in [3.8, 4) is 189 Å². The maximum absolute atomic E-state index is 2.29. The quantitative estimate of drug-likeness (QED) is 0.0852. The van der Waals surface area contributed by atoms with Crippen LogP contribution in [0.4, 0.5) is 0 Å². The lowest BCUT2D eigenvalue weighted by Gasteiger charge is -2.10. The van der Waals surface area contributed by atoms with Crippen LogP contribution in [0.5, 0.6) is 0 Å². The Morgan fingerprint density at radius 2 is 0.215 bits per heavy atom. The van der Waals surface area contributed by atoms with Crippen LogP contribution >= 0.6 is 0 Å². The molecule has 0 aliphatic rings. The second-order valence-corrected chi connectivity index (χ2v) is 36.7. The minimum atomic E-state index is 1.24. The molecule has 0 aliphatic heterocycles. The Kier molecular flexibility index (Phi) is 32.2. The molecule has 0 unspecified atom stereocenters. The summed E-state index contributed by atoms with van der Waals surface area (Å²) in [7, 11) is 0. The highest BCUT2D eigenvalue weighted by Gasteiger charge is 2.13. The maximum atomic E-state index is 2.29. The van der Waals surface area contributed by atoms with Crippen LogP contribution in [0.3, 0.4) is 0 Å². The molecule has 0 saturated heterocycles. The minimum Gasteiger partial charge on any atom is -0.0622 e. The van der Waals surface area contributed by atoms with Crippen LogP contribution < -0.4 is 0 Å². The van der Waals surface area contributed by atoms with Crippen LogP contribution in [0.25, 0.3) is 189 Å². The number of rotatable bonds is 17. The summed E-state index contributed by atoms with van der Waals surface area (Å²) < 4.78 is 0. The number of hydrogen-bond donors (Lipinski definition) is 0. The van der Waals surface area contributed by atoms with Gasteiger partial charge in [-0.3, -0.25) is 0 Å². The van der Waals surface area contributed by atoms with Crippen molar-refractivity contribution in [3.05, 3.63) is 628 Å². The predicted molar refractivity (Wildman–Crippen MR) is 619 cm³/mol. The fourth-order valence-electron chi connectivity index (χ4n) is 18.2. The molecule has 692 valence electrons. The summed E-state index contributed by atoms with van der Waals surface area (Å²) in [5, 5.41) is 0. The van der Waals surface area contributed by atoms with Gasteiger partial charge in [-0.15, -0.1) is 0 Å². The first-order chi connectivity index (χ1) is 70.8. The third-order valence-corrected chi connectivity index (χ3v) is 26.2. The van der Waals surface area contributed by atoms with E-state index in [1.807, 2.05) is 6.07 Å². The second-order valence-electron chi connectivity index (χ2n) is 36.7. The molecule has 0 aliphatic carbocycles. The van der Waals surface area contributed by atoms with Crippen LogP contribution in [0.1, 0.15) is 33.4 Å². The van der Waals surface area contributed by atoms with Crippen molar-refractivity contribution in [2.24, 2.45) is 0 Å². The molecular weight excluding hydrogens is 1730 g/mol. The SMILES string of the molecule is Cc1cc(-c2ccccc2)cc(-c2ccc(-c3ccccc3)cc2)c1.Cc1cc(-c2ccccc2)cc(-c2ccccc2)c1.Cc1ccc(-c2ccc(-c3ccc(-c4ccccc4)cc3)cc2)cc1.Cc1ccc(-c2ccc(-c3ccccc3)cc2)cc1-c1ccccc1.Cc1ccc(-c2cccc(-c3ccc(-c4ccccc4)cc3)c2)cc1.Cc1cccc(-c2cccc(-c3ccc(-c4ccccc4)cc3)c2)c1. The molecule has 23 aromatic carbocycles. The van der Waals surface area contributed by atoms with Crippen molar-refractivity contribution >= 4 is 0 Å². The molecule has 23 aromatic rings. The molecule has 0 heteroatoms. The molecule has 0 nitrogen and oxygen atoms in total. The molecule has 0 atom stereocenters. The van der Waals surface area contributed by atoms with Crippen molar-refractivity contribution in [3.63, 3.8) is 0 Å². The first-order valence-corrected chi connectivity index (χ1v) is 49.7. The van der Waals surface area contributed by atoms with Crippen molar-refractivity contribution in [1.82, 2.24) is 0 Å². The van der Waals surface area contributed by atoms with Gasteiger partial charge in [0, 0.05) is 0 Å². The van der Waals surface area contributed by atoms with E-state index in [0.717, 1.165) is 0 Å². The van der Waals surface area contributed by atoms with Crippen LogP contribution in [0.15, 0.2) is 595 Å². The molecule has 23 rings (SSSR count). The molecular formula is C144H116. The summed E-state index contributed by atoms with van der Waals surface area (Å²) in [4.78, 5) is 0. The minimum absolute atomic E-state index is 1.24. The van der Waals surface area contributed by atoms with E-state index in [9.17, 15) is 0 Å². The Balaban J connectivity index is 0.000000114. The lowest BCUT2D eigenvalue weighted by atomic mass is 9.94. The molecule has 0 N–H and O–H groups in total. The van der Waals surface area contributed by atoms with E-state index in [0.29, 0.717) is 0 Å². The molecule has 0 heterocycles. The topological polar surface area (TPSA) is 0 Å². The largest absolute Gasteiger partial charge is 0.0622 e. The van der Waals surface area contributed by atoms with Gasteiger partial charge in [-0.05, 0) is 278 Å². The van der Waals surface area contributed by atoms with Gasteiger partial charge in [0.25, 0.3) is 0 Å². The number of hydrogen-bond acceptors (Lipinski definition) is 0. The van der Waals surface area contributed by atoms with E-state index in [4.69, 9.17) is 0 Å². The fraction of sp³-hybridized carbons (Fsp3) is 0.0417. The molecule has 144 heavy (non-hydrogen) atoms. The Labute approximate surface area is 852 Å². The van der Waals surface area contributed by atoms with Gasteiger partial charge in [0.2, 0.25) is 0 Å². The molecule has 0 radical (unpaired) electrons. The highest BCUT2D eigenvalue weighted by atomic mass is 14.2. The van der Waals surface area contributed by atoms with E-state index in [1.54, 1.807) is 0 Å². The van der Waals surface area contributed by atoms with Gasteiger partial charge in [-0.25, -0.2) is 0 Å². The van der Waals surface area contributed by atoms with E-state index >= 15 is 0 Å². The van der Waals surface area contributed by atoms with Crippen LogP contribution in [0.2, 0.25) is 0 Å². The lowest BCUT2D eigenvalue weighted by Crippen LogP contribution is -1.86. The lowest BCUT2D eigenvalue weighted by molar-refractivity contribution is 1.45. The first-order valence-electron chi connectivity index (χ1n) is 49.7. The van der Waals surface area contributed by atoms with Crippen LogP contribution in [0, 0.1) is 41.5 Å². The maximum Gasteiger partial charge on any atom is -0.0149 e. The van der Waals surface area contributed by atoms with E-state index in [1.165, 1.54) is 223 Å². The zero-order valence-electron chi connectivity index (χ0n) is 82.6. The average molecular weight is 1850 g/mol. The molecule has 0 amide bonds. The van der Waals surface area contributed by atoms with Crippen LogP contribution in [-0.4, -0.2) is 0 Å². The molecule has 0 fully saturated rings. The normalized spacial score (nSPS) is 10.6. The van der Waals surface area contributed by atoms with Crippen molar-refractivity contribution in [2.45, 2.75) is 41.5 Å². The highest BCUT2D eigenvalue weighted by Crippen LogP contribution is 2.38. The molecule has 0 bridgehead atoms. The molecule has 0 saturated carbocycles. The highest BCUT2D eigenvalue weighted by molar-refractivity contribution is 5.84. The van der Waals surface area contributed by atoms with Gasteiger partial charge in [0.15, 0.2) is 0 Å². The summed E-state index contributed by atoms with van der Waals surface area (Å²) in [6.45, 7) is 12.9. The summed E-state index contributed by atoms with van der Waals surface area (Å²) in [6, 6.07) is 211. The van der Waals surface area contributed by atoms with Crippen molar-refractivity contribution in [2.75, 3.05) is 0 Å². The van der Waals surface area contributed by atoms with Gasteiger partial charge < -0.3 is 0 Å². The average Bonchev–Trinajstić information content (AvgIpc) is 0.812. The van der Waals surface area contributed by atoms with Gasteiger partial charge in [-0.1, -0.05) is 581 Å². The van der Waals surface area contributed by atoms with E-state index in [2.05, 4.69) is 630 Å². The standard InChI is InChI=1S/5C25H20.C19H16/c1-19-16-24(21-10-6-3-7-11-21)18-25(17-19)23-14-12-22(13-15-23)20-8-4-2-5-9-20;1-19-12-13-24(18-25(19)23-10-6-3-7-11-23)22-16-14-21(15-17-22)20-8-4-2-5-9-20;1-19-7-5-10-23(17-19)25-12-6-11-24(18-25)22-15-13-21(14-16-22)20-8-3-2-4-9-20;1-19-10-12-22(13-11-19)24-8-5-9-25(18-24)23-16-14-21(15-17-23)20-6-3-2-4-7-20;1-19-7-9-21(10-8-19)23-15-17-25(18-16-23)24-13-11-22(12-14-24)20-5-3-2-4-6-20;1-15-12-18(16-8-4-2-5-9-16)14-19(13-15)17-10-6-3-7-11-17/h5*2-18H,1H3;2-14H,1H3. The van der Waals surface area contributed by atoms with Gasteiger partial charge in [-0.2, -0.15) is 0 Å². The zero-order valence-corrected chi connectivity index (χ0v) is 82.6. The van der Waals surface area contributed by atoms with E-state index < -0.39 is 0 Å². The Bertz CT molecular complexity index is 7910. The smallest absolute Gasteiger partial charge is 0.0149 e. The molecule has 0 aromatic heterocycles. The number of aryl methyl sites for hydroxylation is 6. The molecule has 0 spiro atoms. The number of benzene rings is 23. The summed E-state index contributed by atoms with van der Waals surface area (Å²) >= 11 is 0. The van der Waals surface area contributed by atoms with Crippen LogP contribution in [-0.2, 0) is 0 Å². The van der Waals surface area contributed by atoms with Gasteiger partial charge in [0.1, 0.15) is 0 Å². The first kappa shape index (κ1) is 96.3. The zero-order chi connectivity index (χ0) is 98.4. The predicted octanol–water partition coefficient (Wildman–Crippen LogP) is 40.3. The second kappa shape index (κ2) is 48.1. The third kappa shape index (κ3) is 26.0. The Hall–Kier alpha value is -17.9. The summed E-state index contributed by atoms with van der Waals surface area (Å²) in [6.07, 6.45) is 0. The fourth-order valence-corrected chi connectivity index (χ4v) is 18.2. The Morgan fingerprint density at radius 3 is 0.444 bits per heavy atom. The summed E-state index contributed by atoms with van der Waals surface area (Å²) in [5.41, 5.74) is 50.5. The van der Waals surface area contributed by atoms with Gasteiger partial charge >= 0.3 is 0 Å². The Morgan fingerprint density at radius 1 is 0.0764 bits per heavy atom.